The lowest BCUT2D eigenvalue weighted by molar-refractivity contribution is -0.354. The highest BCUT2D eigenvalue weighted by Gasteiger charge is 2.68. The average Bonchev–Trinajstić information content (AvgIpc) is 3.26. The van der Waals surface area contributed by atoms with E-state index in [1.807, 2.05) is 0 Å². The molecule has 0 aromatic heterocycles. The lowest BCUT2D eigenvalue weighted by Crippen LogP contribution is -2.63. The Morgan fingerprint density at radius 3 is 1.98 bits per heavy atom. The number of benzene rings is 1. The van der Waals surface area contributed by atoms with Gasteiger partial charge < -0.3 is 74.4 Å². The van der Waals surface area contributed by atoms with Gasteiger partial charge in [0.15, 0.2) is 12.6 Å². The van der Waals surface area contributed by atoms with E-state index in [1.165, 1.54) is 25.2 Å². The number of aliphatic hydroxyl groups is 9. The molecule has 1 aliphatic carbocycles. The van der Waals surface area contributed by atoms with Gasteiger partial charge in [-0.25, -0.2) is 4.79 Å². The van der Waals surface area contributed by atoms with Crippen LogP contribution in [0, 0.1) is 5.92 Å². The maximum Gasteiger partial charge on any atom is 0.331 e. The van der Waals surface area contributed by atoms with Crippen molar-refractivity contribution < 1.29 is 79.2 Å². The van der Waals surface area contributed by atoms with Crippen LogP contribution in [-0.2, 0) is 33.2 Å². The fourth-order valence-corrected chi connectivity index (χ4v) is 6.39. The molecule has 1 unspecified atom stereocenters. The normalized spacial score (nSPS) is 45.7. The quantitative estimate of drug-likeness (QED) is 0.0928. The standard InChI is InChI=1S/C30H40O16/c1-29(46-18(33)8-7-14-5-3-2-4-6-14)11-17(44-26-23(38)21(36)19(34)15(12-31)42-26)30(40)9-10-41-28(25(29)30)45-27-24(39)22(37)20(35)16(13-32)43-27/h2-10,15-17,19-28,31-32,34-40H,11-13H2,1H3/b8-7+/t15-,16-,17-,19+,20-,21+,22+,23-,24-,25?,26-,27+,28+,29+,30-/m1/s1. The van der Waals surface area contributed by atoms with Crippen molar-refractivity contribution in [3.05, 3.63) is 54.3 Å². The Bertz CT molecular complexity index is 1240. The molecule has 256 valence electrons. The minimum atomic E-state index is -2.12. The number of fused-ring (bicyclic) bond motifs is 1. The maximum absolute atomic E-state index is 13.1. The van der Waals surface area contributed by atoms with E-state index in [-0.39, 0.29) is 6.42 Å². The zero-order valence-corrected chi connectivity index (χ0v) is 24.7. The summed E-state index contributed by atoms with van der Waals surface area (Å²) in [6.07, 6.45) is -14.8. The van der Waals surface area contributed by atoms with Gasteiger partial charge in [-0.1, -0.05) is 30.3 Å². The summed E-state index contributed by atoms with van der Waals surface area (Å²) in [5, 5.41) is 93.5. The molecule has 9 N–H and O–H groups in total. The predicted octanol–water partition coefficient (Wildman–Crippen LogP) is -3.38. The Hall–Kier alpha value is -2.55. The smallest absolute Gasteiger partial charge is 0.331 e. The molecule has 5 rings (SSSR count). The Morgan fingerprint density at radius 1 is 0.848 bits per heavy atom. The fraction of sp³-hybridized carbons (Fsp3) is 0.633. The number of esters is 1. The van der Waals surface area contributed by atoms with E-state index in [2.05, 4.69) is 0 Å². The van der Waals surface area contributed by atoms with Crippen LogP contribution in [0.3, 0.4) is 0 Å². The van der Waals surface area contributed by atoms with Crippen LogP contribution in [0.2, 0.25) is 0 Å². The van der Waals surface area contributed by atoms with Crippen LogP contribution in [0.5, 0.6) is 0 Å². The molecule has 16 nitrogen and oxygen atoms in total. The molecule has 46 heavy (non-hydrogen) atoms. The van der Waals surface area contributed by atoms with Crippen molar-refractivity contribution >= 4 is 12.0 Å². The molecule has 3 aliphatic heterocycles. The molecule has 1 saturated carbocycles. The second-order valence-corrected chi connectivity index (χ2v) is 12.0. The number of carbonyl (C=O) groups is 1. The summed E-state index contributed by atoms with van der Waals surface area (Å²) in [5.41, 5.74) is -3.10. The molecular weight excluding hydrogens is 616 g/mol. The molecule has 0 radical (unpaired) electrons. The van der Waals surface area contributed by atoms with E-state index in [0.29, 0.717) is 5.56 Å². The van der Waals surface area contributed by atoms with Gasteiger partial charge in [-0.05, 0) is 24.6 Å². The topological polar surface area (TPSA) is 255 Å². The number of ether oxygens (including phenoxy) is 6. The first-order valence-corrected chi connectivity index (χ1v) is 14.8. The Morgan fingerprint density at radius 2 is 1.41 bits per heavy atom. The van der Waals surface area contributed by atoms with Crippen LogP contribution in [0.15, 0.2) is 48.7 Å². The third-order valence-electron chi connectivity index (χ3n) is 8.89. The number of aliphatic hydroxyl groups excluding tert-OH is 8. The van der Waals surface area contributed by atoms with Gasteiger partial charge in [0.05, 0.1) is 31.5 Å². The summed E-state index contributed by atoms with van der Waals surface area (Å²) >= 11 is 0. The van der Waals surface area contributed by atoms with Crippen LogP contribution in [0.4, 0.5) is 0 Å². The van der Waals surface area contributed by atoms with Gasteiger partial charge in [0.2, 0.25) is 6.29 Å². The second-order valence-electron chi connectivity index (χ2n) is 12.0. The van der Waals surface area contributed by atoms with Crippen molar-refractivity contribution in [2.45, 2.75) is 98.4 Å². The van der Waals surface area contributed by atoms with Gasteiger partial charge in [-0.3, -0.25) is 0 Å². The lowest BCUT2D eigenvalue weighted by Gasteiger charge is -2.46. The number of hydrogen-bond donors (Lipinski definition) is 9. The largest absolute Gasteiger partial charge is 0.472 e. The van der Waals surface area contributed by atoms with Crippen LogP contribution in [-0.4, -0.2) is 150 Å². The zero-order chi connectivity index (χ0) is 33.4. The van der Waals surface area contributed by atoms with E-state index in [0.717, 1.165) is 6.26 Å². The van der Waals surface area contributed by atoms with E-state index < -0.39 is 110 Å². The van der Waals surface area contributed by atoms with Crippen molar-refractivity contribution in [2.24, 2.45) is 5.92 Å². The highest BCUT2D eigenvalue weighted by Crippen LogP contribution is 2.53. The summed E-state index contributed by atoms with van der Waals surface area (Å²) < 4.78 is 34.3. The molecule has 16 heteroatoms. The maximum atomic E-state index is 13.1. The first-order valence-electron chi connectivity index (χ1n) is 14.8. The summed E-state index contributed by atoms with van der Waals surface area (Å²) in [7, 11) is 0. The van der Waals surface area contributed by atoms with Crippen molar-refractivity contribution in [2.75, 3.05) is 13.2 Å². The van der Waals surface area contributed by atoms with Crippen LogP contribution in [0.25, 0.3) is 6.08 Å². The van der Waals surface area contributed by atoms with Gasteiger partial charge in [-0.2, -0.15) is 0 Å². The van der Waals surface area contributed by atoms with E-state index in [1.54, 1.807) is 30.3 Å². The van der Waals surface area contributed by atoms with Crippen molar-refractivity contribution in [3.63, 3.8) is 0 Å². The van der Waals surface area contributed by atoms with Crippen LogP contribution >= 0.6 is 0 Å². The highest BCUT2D eigenvalue weighted by molar-refractivity contribution is 5.87. The Labute approximate surface area is 263 Å². The van der Waals surface area contributed by atoms with Crippen molar-refractivity contribution in [1.82, 2.24) is 0 Å². The summed E-state index contributed by atoms with van der Waals surface area (Å²) in [5.74, 6) is -2.19. The molecule has 15 atom stereocenters. The fourth-order valence-electron chi connectivity index (χ4n) is 6.39. The molecule has 1 aromatic carbocycles. The molecule has 0 bridgehead atoms. The third kappa shape index (κ3) is 6.59. The van der Waals surface area contributed by atoms with E-state index in [4.69, 9.17) is 28.4 Å². The number of carbonyl (C=O) groups excluding carboxylic acids is 1. The van der Waals surface area contributed by atoms with E-state index >= 15 is 0 Å². The minimum absolute atomic E-state index is 0.281. The molecule has 1 aromatic rings. The average molecular weight is 657 g/mol. The molecule has 3 heterocycles. The summed E-state index contributed by atoms with van der Waals surface area (Å²) in [4.78, 5) is 13.1. The zero-order valence-electron chi connectivity index (χ0n) is 24.7. The molecule has 2 saturated heterocycles. The highest BCUT2D eigenvalue weighted by atomic mass is 16.8. The monoisotopic (exact) mass is 656 g/mol. The van der Waals surface area contributed by atoms with Gasteiger partial charge in [0.1, 0.15) is 60.0 Å². The Kier molecular flexibility index (Phi) is 10.5. The molecular formula is C30H40O16. The lowest BCUT2D eigenvalue weighted by atomic mass is 9.81. The van der Waals surface area contributed by atoms with Gasteiger partial charge in [-0.15, -0.1) is 0 Å². The van der Waals surface area contributed by atoms with Crippen LogP contribution in [0.1, 0.15) is 18.9 Å². The van der Waals surface area contributed by atoms with Crippen LogP contribution < -0.4 is 0 Å². The summed E-state index contributed by atoms with van der Waals surface area (Å²) in [6, 6.07) is 8.87. The van der Waals surface area contributed by atoms with Gasteiger partial charge in [0, 0.05) is 12.5 Å². The third-order valence-corrected chi connectivity index (χ3v) is 8.89. The van der Waals surface area contributed by atoms with E-state index in [9.17, 15) is 50.8 Å². The second kappa shape index (κ2) is 13.9. The molecule has 0 spiro atoms. The molecule has 3 fully saturated rings. The number of rotatable bonds is 9. The first kappa shape index (κ1) is 34.8. The first-order chi connectivity index (χ1) is 21.8. The Balaban J connectivity index is 1.44. The van der Waals surface area contributed by atoms with Crippen molar-refractivity contribution in [3.8, 4) is 0 Å². The predicted molar refractivity (Wildman–Crippen MR) is 151 cm³/mol. The number of hydrogen-bond acceptors (Lipinski definition) is 16. The van der Waals surface area contributed by atoms with Gasteiger partial charge >= 0.3 is 5.97 Å². The minimum Gasteiger partial charge on any atom is -0.472 e. The molecule has 0 amide bonds. The summed E-state index contributed by atoms with van der Waals surface area (Å²) in [6.45, 7) is -0.00438. The SMILES string of the molecule is C[C@]1(OC(=O)/C=C/c2ccccc2)C[C@@H](O[C@H]2O[C@H](CO)[C@H](O)[C@H](O)[C@H]2O)[C@]2(O)C=CO[C@@H](O[C@@H]3O[C@H](CO)[C@@H](O)[C@H](O)[C@H]3O)C12. The van der Waals surface area contributed by atoms with Gasteiger partial charge in [0.25, 0.3) is 0 Å². The van der Waals surface area contributed by atoms with Crippen molar-refractivity contribution in [1.29, 1.82) is 0 Å². The molecule has 4 aliphatic rings.